The third-order valence-electron chi connectivity index (χ3n) is 3.81. The van der Waals surface area contributed by atoms with Crippen LogP contribution in [-0.2, 0) is 4.79 Å². The number of carbonyl (C=O) groups is 1. The zero-order valence-corrected chi connectivity index (χ0v) is 14.3. The SMILES string of the molecule is Cc1cc(C)c(NC(=O)CN(C)c2ccccc2[N+](=O)[O-])c(C)c1. The highest BCUT2D eigenvalue weighted by Crippen LogP contribution is 2.27. The molecule has 0 unspecified atom stereocenters. The summed E-state index contributed by atoms with van der Waals surface area (Å²) in [5.74, 6) is -0.217. The van der Waals surface area contributed by atoms with Crippen molar-refractivity contribution in [1.29, 1.82) is 0 Å². The summed E-state index contributed by atoms with van der Waals surface area (Å²) < 4.78 is 0. The van der Waals surface area contributed by atoms with Crippen molar-refractivity contribution in [3.63, 3.8) is 0 Å². The molecule has 2 aromatic carbocycles. The number of rotatable bonds is 5. The number of nitrogens with zero attached hydrogens (tertiary/aromatic N) is 2. The Bertz CT molecular complexity index is 764. The Morgan fingerprint density at radius 3 is 2.33 bits per heavy atom. The van der Waals surface area contributed by atoms with Gasteiger partial charge in [0.05, 0.1) is 11.5 Å². The zero-order valence-electron chi connectivity index (χ0n) is 14.3. The highest BCUT2D eigenvalue weighted by atomic mass is 16.6. The van der Waals surface area contributed by atoms with Gasteiger partial charge in [-0.05, 0) is 38.0 Å². The number of likely N-dealkylation sites (N-methyl/N-ethyl adjacent to an activating group) is 1. The Kier molecular flexibility index (Phi) is 5.18. The highest BCUT2D eigenvalue weighted by Gasteiger charge is 2.18. The second kappa shape index (κ2) is 7.12. The standard InChI is InChI=1S/C18H21N3O3/c1-12-9-13(2)18(14(3)10-12)19-17(22)11-20(4)15-7-5-6-8-16(15)21(23)24/h5-10H,11H2,1-4H3,(H,19,22). The number of nitrogens with one attached hydrogen (secondary N) is 1. The van der Waals surface area contributed by atoms with Crippen LogP contribution in [0.1, 0.15) is 16.7 Å². The normalized spacial score (nSPS) is 10.3. The number of hydrogen-bond donors (Lipinski definition) is 1. The van der Waals surface area contributed by atoms with Gasteiger partial charge in [0.25, 0.3) is 5.69 Å². The van der Waals surface area contributed by atoms with E-state index in [0.29, 0.717) is 5.69 Å². The maximum absolute atomic E-state index is 12.3. The first-order valence-corrected chi connectivity index (χ1v) is 7.62. The first kappa shape index (κ1) is 17.5. The second-order valence-electron chi connectivity index (χ2n) is 5.92. The molecular formula is C18H21N3O3. The molecule has 0 spiro atoms. The lowest BCUT2D eigenvalue weighted by Crippen LogP contribution is -2.30. The van der Waals surface area contributed by atoms with Gasteiger partial charge in [-0.25, -0.2) is 0 Å². The fraction of sp³-hybridized carbons (Fsp3) is 0.278. The number of amides is 1. The molecule has 126 valence electrons. The number of nitro groups is 1. The minimum atomic E-state index is -0.446. The van der Waals surface area contributed by atoms with E-state index in [1.807, 2.05) is 32.9 Å². The number of benzene rings is 2. The van der Waals surface area contributed by atoms with Crippen molar-refractivity contribution in [2.45, 2.75) is 20.8 Å². The molecule has 0 bridgehead atoms. The number of para-hydroxylation sites is 2. The molecule has 24 heavy (non-hydrogen) atoms. The van der Waals surface area contributed by atoms with Gasteiger partial charge in [-0.1, -0.05) is 29.8 Å². The Balaban J connectivity index is 2.15. The first-order valence-electron chi connectivity index (χ1n) is 7.62. The fourth-order valence-electron chi connectivity index (χ4n) is 2.80. The van der Waals surface area contributed by atoms with E-state index in [1.165, 1.54) is 6.07 Å². The first-order chi connectivity index (χ1) is 11.3. The lowest BCUT2D eigenvalue weighted by Gasteiger charge is -2.20. The number of aryl methyl sites for hydroxylation is 3. The van der Waals surface area contributed by atoms with E-state index in [9.17, 15) is 14.9 Å². The van der Waals surface area contributed by atoms with Gasteiger partial charge in [-0.15, -0.1) is 0 Å². The summed E-state index contributed by atoms with van der Waals surface area (Å²) in [6, 6.07) is 10.4. The molecule has 2 aromatic rings. The Labute approximate surface area is 141 Å². The molecule has 6 nitrogen and oxygen atoms in total. The van der Waals surface area contributed by atoms with E-state index < -0.39 is 4.92 Å². The Hall–Kier alpha value is -2.89. The van der Waals surface area contributed by atoms with Crippen LogP contribution >= 0.6 is 0 Å². The molecule has 0 heterocycles. The molecule has 6 heteroatoms. The molecule has 0 fully saturated rings. The monoisotopic (exact) mass is 327 g/mol. The molecule has 0 radical (unpaired) electrons. The van der Waals surface area contributed by atoms with E-state index in [1.54, 1.807) is 30.1 Å². The predicted octanol–water partition coefficient (Wildman–Crippen LogP) is 3.59. The average molecular weight is 327 g/mol. The van der Waals surface area contributed by atoms with E-state index in [4.69, 9.17) is 0 Å². The minimum Gasteiger partial charge on any atom is -0.360 e. The van der Waals surface area contributed by atoms with Gasteiger partial charge >= 0.3 is 0 Å². The summed E-state index contributed by atoms with van der Waals surface area (Å²) in [6.07, 6.45) is 0. The molecule has 0 atom stereocenters. The van der Waals surface area contributed by atoms with Crippen LogP contribution in [0.2, 0.25) is 0 Å². The van der Waals surface area contributed by atoms with Crippen molar-refractivity contribution in [1.82, 2.24) is 0 Å². The van der Waals surface area contributed by atoms with E-state index in [-0.39, 0.29) is 18.1 Å². The van der Waals surface area contributed by atoms with E-state index in [0.717, 1.165) is 22.4 Å². The van der Waals surface area contributed by atoms with Gasteiger partial charge in [0, 0.05) is 18.8 Å². The van der Waals surface area contributed by atoms with Crippen molar-refractivity contribution in [2.75, 3.05) is 23.8 Å². The van der Waals surface area contributed by atoms with Crippen LogP contribution < -0.4 is 10.2 Å². The van der Waals surface area contributed by atoms with Gasteiger partial charge in [0.2, 0.25) is 5.91 Å². The number of nitro benzene ring substituents is 1. The quantitative estimate of drug-likeness (QED) is 0.672. The summed E-state index contributed by atoms with van der Waals surface area (Å²) >= 11 is 0. The highest BCUT2D eigenvalue weighted by molar-refractivity contribution is 5.95. The maximum Gasteiger partial charge on any atom is 0.292 e. The molecule has 0 saturated heterocycles. The largest absolute Gasteiger partial charge is 0.360 e. The van der Waals surface area contributed by atoms with Crippen molar-refractivity contribution in [3.05, 3.63) is 63.2 Å². The number of anilines is 2. The molecule has 0 aliphatic rings. The van der Waals surface area contributed by atoms with Crippen molar-refractivity contribution in [2.24, 2.45) is 0 Å². The van der Waals surface area contributed by atoms with Crippen LogP contribution in [0, 0.1) is 30.9 Å². The van der Waals surface area contributed by atoms with Crippen molar-refractivity contribution in [3.8, 4) is 0 Å². The third kappa shape index (κ3) is 3.90. The molecule has 1 amide bonds. The number of hydrogen-bond acceptors (Lipinski definition) is 4. The van der Waals surface area contributed by atoms with E-state index >= 15 is 0 Å². The smallest absolute Gasteiger partial charge is 0.292 e. The lowest BCUT2D eigenvalue weighted by atomic mass is 10.1. The molecule has 0 aliphatic carbocycles. The number of carbonyl (C=O) groups excluding carboxylic acids is 1. The second-order valence-corrected chi connectivity index (χ2v) is 5.92. The average Bonchev–Trinajstić information content (AvgIpc) is 2.50. The summed E-state index contributed by atoms with van der Waals surface area (Å²) in [5.41, 5.74) is 4.32. The summed E-state index contributed by atoms with van der Waals surface area (Å²) in [5, 5.41) is 14.0. The third-order valence-corrected chi connectivity index (χ3v) is 3.81. The zero-order chi connectivity index (χ0) is 17.9. The van der Waals surface area contributed by atoms with Gasteiger partial charge in [0.1, 0.15) is 5.69 Å². The van der Waals surface area contributed by atoms with Crippen LogP contribution in [0.4, 0.5) is 17.1 Å². The summed E-state index contributed by atoms with van der Waals surface area (Å²) in [7, 11) is 1.66. The van der Waals surface area contributed by atoms with E-state index in [2.05, 4.69) is 5.32 Å². The molecular weight excluding hydrogens is 306 g/mol. The molecule has 0 aromatic heterocycles. The van der Waals surface area contributed by atoms with Crippen LogP contribution in [0.15, 0.2) is 36.4 Å². The Morgan fingerprint density at radius 1 is 1.17 bits per heavy atom. The minimum absolute atomic E-state index is 0.0181. The van der Waals surface area contributed by atoms with Gasteiger partial charge in [0.15, 0.2) is 0 Å². The summed E-state index contributed by atoms with van der Waals surface area (Å²) in [4.78, 5) is 24.6. The van der Waals surface area contributed by atoms with Gasteiger partial charge in [-0.3, -0.25) is 14.9 Å². The van der Waals surface area contributed by atoms with Crippen molar-refractivity contribution >= 4 is 23.0 Å². The van der Waals surface area contributed by atoms with Crippen LogP contribution in [0.25, 0.3) is 0 Å². The van der Waals surface area contributed by atoms with Crippen LogP contribution in [0.5, 0.6) is 0 Å². The maximum atomic E-state index is 12.3. The van der Waals surface area contributed by atoms with Gasteiger partial charge < -0.3 is 10.2 Å². The Morgan fingerprint density at radius 2 is 1.75 bits per heavy atom. The topological polar surface area (TPSA) is 75.5 Å². The van der Waals surface area contributed by atoms with Crippen molar-refractivity contribution < 1.29 is 9.72 Å². The fourth-order valence-corrected chi connectivity index (χ4v) is 2.80. The lowest BCUT2D eigenvalue weighted by molar-refractivity contribution is -0.384. The predicted molar refractivity (Wildman–Crippen MR) is 95.6 cm³/mol. The molecule has 2 rings (SSSR count). The summed E-state index contributed by atoms with van der Waals surface area (Å²) in [6.45, 7) is 5.92. The molecule has 1 N–H and O–H groups in total. The van der Waals surface area contributed by atoms with Gasteiger partial charge in [-0.2, -0.15) is 0 Å². The molecule has 0 aliphatic heterocycles. The molecule has 0 saturated carbocycles. The van der Waals surface area contributed by atoms with Crippen LogP contribution in [0.3, 0.4) is 0 Å². The van der Waals surface area contributed by atoms with Crippen LogP contribution in [-0.4, -0.2) is 24.4 Å².